The summed E-state index contributed by atoms with van der Waals surface area (Å²) in [5.41, 5.74) is 7.49. The van der Waals surface area contributed by atoms with E-state index in [4.69, 9.17) is 18.9 Å². The van der Waals surface area contributed by atoms with Crippen LogP contribution in [0.1, 0.15) is 51.0 Å². The van der Waals surface area contributed by atoms with E-state index in [0.29, 0.717) is 46.5 Å². The van der Waals surface area contributed by atoms with Crippen molar-refractivity contribution in [1.29, 1.82) is 0 Å². The molecule has 8 heteroatoms. The van der Waals surface area contributed by atoms with Crippen LogP contribution >= 0.6 is 0 Å². The van der Waals surface area contributed by atoms with Gasteiger partial charge in [-0.2, -0.15) is 0 Å². The van der Waals surface area contributed by atoms with Crippen molar-refractivity contribution in [2.45, 2.75) is 44.4 Å². The third-order valence-corrected chi connectivity index (χ3v) is 9.71. The van der Waals surface area contributed by atoms with Crippen LogP contribution in [0, 0.1) is 0 Å². The SMILES string of the molecule is COc1cc2c3cc1Oc1c(OC)c(CO)cc4c1C(Cc1ccc(O)c(c1)Oc1ccc(cc1)CC3N(C)CC2)N(C)CC4. The molecule has 0 saturated heterocycles. The van der Waals surface area contributed by atoms with E-state index in [1.54, 1.807) is 20.3 Å². The van der Waals surface area contributed by atoms with Crippen molar-refractivity contribution < 1.29 is 29.2 Å². The second kappa shape index (κ2) is 11.9. The van der Waals surface area contributed by atoms with Crippen LogP contribution in [0.2, 0.25) is 0 Å². The second-order valence-electron chi connectivity index (χ2n) is 12.4. The molecule has 8 rings (SSSR count). The molecule has 4 aliphatic rings. The number of ether oxygens (including phenoxy) is 4. The van der Waals surface area contributed by atoms with E-state index in [9.17, 15) is 10.2 Å². The molecule has 0 aliphatic carbocycles. The lowest BCUT2D eigenvalue weighted by molar-refractivity contribution is 0.219. The Labute approximate surface area is 264 Å². The number of rotatable bonds is 3. The van der Waals surface area contributed by atoms with E-state index in [1.807, 2.05) is 24.3 Å². The van der Waals surface area contributed by atoms with Gasteiger partial charge in [0.2, 0.25) is 0 Å². The molecule has 2 unspecified atom stereocenters. The topological polar surface area (TPSA) is 83.9 Å². The van der Waals surface area contributed by atoms with Crippen LogP contribution in [0.15, 0.2) is 60.7 Å². The number of likely N-dealkylation sites (N-methyl/N-ethyl adjacent to an activating group) is 2. The van der Waals surface area contributed by atoms with Crippen molar-refractivity contribution >= 4 is 0 Å². The maximum atomic E-state index is 10.7. The molecule has 4 heterocycles. The second-order valence-corrected chi connectivity index (χ2v) is 12.4. The number of benzene rings is 4. The average molecular weight is 609 g/mol. The monoisotopic (exact) mass is 608 g/mol. The fraction of sp³-hybridized carbons (Fsp3) is 0.351. The van der Waals surface area contributed by atoms with Crippen molar-refractivity contribution in [3.05, 3.63) is 99.6 Å². The Balaban J connectivity index is 1.47. The van der Waals surface area contributed by atoms with Gasteiger partial charge < -0.3 is 29.2 Å². The van der Waals surface area contributed by atoms with Crippen molar-refractivity contribution in [2.75, 3.05) is 41.4 Å². The smallest absolute Gasteiger partial charge is 0.174 e. The molecule has 0 radical (unpaired) electrons. The van der Waals surface area contributed by atoms with Crippen LogP contribution in [0.3, 0.4) is 0 Å². The maximum Gasteiger partial charge on any atom is 0.174 e. The van der Waals surface area contributed by atoms with Gasteiger partial charge in [0.1, 0.15) is 5.75 Å². The lowest BCUT2D eigenvalue weighted by atomic mass is 9.86. The molecule has 0 saturated carbocycles. The van der Waals surface area contributed by atoms with Gasteiger partial charge in [0.15, 0.2) is 34.5 Å². The van der Waals surface area contributed by atoms with Crippen molar-refractivity contribution in [1.82, 2.24) is 9.80 Å². The molecule has 2 atom stereocenters. The zero-order valence-corrected chi connectivity index (χ0v) is 26.3. The first-order valence-corrected chi connectivity index (χ1v) is 15.6. The summed E-state index contributed by atoms with van der Waals surface area (Å²) in [6.07, 6.45) is 3.18. The normalized spacial score (nSPS) is 19.5. The molecule has 45 heavy (non-hydrogen) atoms. The first-order valence-electron chi connectivity index (χ1n) is 15.6. The summed E-state index contributed by atoms with van der Waals surface area (Å²) in [5, 5.41) is 21.1. The number of nitrogens with zero attached hydrogens (tertiary/aromatic N) is 2. The Morgan fingerprint density at radius 2 is 1.49 bits per heavy atom. The molecule has 4 aromatic rings. The Bertz CT molecular complexity index is 1740. The van der Waals surface area contributed by atoms with E-state index >= 15 is 0 Å². The number of phenols is 1. The van der Waals surface area contributed by atoms with Crippen LogP contribution in [-0.2, 0) is 32.3 Å². The summed E-state index contributed by atoms with van der Waals surface area (Å²) in [7, 11) is 7.59. The predicted octanol–water partition coefficient (Wildman–Crippen LogP) is 6.34. The number of methoxy groups -OCH3 is 2. The van der Waals surface area contributed by atoms with Crippen LogP contribution in [-0.4, -0.2) is 61.4 Å². The van der Waals surface area contributed by atoms with Gasteiger partial charge in [0.05, 0.1) is 20.8 Å². The average Bonchev–Trinajstić information content (AvgIpc) is 3.05. The Hall–Kier alpha value is -4.24. The van der Waals surface area contributed by atoms with Crippen LogP contribution in [0.5, 0.6) is 40.2 Å². The maximum absolute atomic E-state index is 10.7. The molecule has 0 fully saturated rings. The van der Waals surface area contributed by atoms with Gasteiger partial charge in [0.25, 0.3) is 0 Å². The lowest BCUT2D eigenvalue weighted by Crippen LogP contribution is -2.34. The molecule has 4 aliphatic heterocycles. The highest BCUT2D eigenvalue weighted by atomic mass is 16.5. The molecular weight excluding hydrogens is 568 g/mol. The van der Waals surface area contributed by atoms with Crippen molar-refractivity contribution in [2.24, 2.45) is 0 Å². The van der Waals surface area contributed by atoms with Gasteiger partial charge in [-0.15, -0.1) is 0 Å². The molecule has 6 bridgehead atoms. The summed E-state index contributed by atoms with van der Waals surface area (Å²) >= 11 is 0. The third-order valence-electron chi connectivity index (χ3n) is 9.71. The highest BCUT2D eigenvalue weighted by Gasteiger charge is 2.34. The molecule has 0 amide bonds. The first-order chi connectivity index (χ1) is 21.9. The summed E-state index contributed by atoms with van der Waals surface area (Å²) in [6.45, 7) is 1.61. The fourth-order valence-corrected chi connectivity index (χ4v) is 7.20. The zero-order valence-electron chi connectivity index (χ0n) is 26.3. The molecule has 2 N–H and O–H groups in total. The van der Waals surface area contributed by atoms with Gasteiger partial charge in [-0.25, -0.2) is 0 Å². The van der Waals surface area contributed by atoms with Crippen LogP contribution in [0.4, 0.5) is 0 Å². The molecule has 0 spiro atoms. The van der Waals surface area contributed by atoms with E-state index in [1.165, 1.54) is 16.7 Å². The van der Waals surface area contributed by atoms with Gasteiger partial charge in [0, 0.05) is 36.3 Å². The number of aliphatic hydroxyl groups is 1. The zero-order chi connectivity index (χ0) is 31.2. The standard InChI is InChI=1S/C37H40N2O6/c1-38-13-11-24-19-33(42-3)34-20-28(24)29(38)15-22-5-8-27(9-6-22)44-32-17-23(7-10-31(32)41)16-30-35-25(12-14-39(30)2)18-26(21-40)36(43-4)37(35)45-34/h5-10,17-20,29-30,40-41H,11-16,21H2,1-4H3. The molecule has 4 aromatic carbocycles. The van der Waals surface area contributed by atoms with E-state index in [-0.39, 0.29) is 24.4 Å². The summed E-state index contributed by atoms with van der Waals surface area (Å²) in [4.78, 5) is 4.72. The predicted molar refractivity (Wildman–Crippen MR) is 172 cm³/mol. The van der Waals surface area contributed by atoms with Gasteiger partial charge in [-0.3, -0.25) is 9.80 Å². The largest absolute Gasteiger partial charge is 0.504 e. The summed E-state index contributed by atoms with van der Waals surface area (Å²) in [5.74, 6) is 3.59. The highest BCUT2D eigenvalue weighted by Crippen LogP contribution is 2.50. The third kappa shape index (κ3) is 5.37. The first kappa shape index (κ1) is 29.5. The van der Waals surface area contributed by atoms with E-state index in [2.05, 4.69) is 54.2 Å². The Morgan fingerprint density at radius 3 is 2.22 bits per heavy atom. The minimum atomic E-state index is -0.168. The lowest BCUT2D eigenvalue weighted by Gasteiger charge is -2.37. The number of phenolic OH excluding ortho intramolecular Hbond substituents is 1. The molecular formula is C37H40N2O6. The van der Waals surface area contributed by atoms with Gasteiger partial charge in [-0.1, -0.05) is 18.2 Å². The van der Waals surface area contributed by atoms with Crippen LogP contribution in [0.25, 0.3) is 0 Å². The minimum absolute atomic E-state index is 0.0662. The Kier molecular flexibility index (Phi) is 7.81. The van der Waals surface area contributed by atoms with Crippen molar-refractivity contribution in [3.63, 3.8) is 0 Å². The molecule has 0 aromatic heterocycles. The number of fused-ring (bicyclic) bond motifs is 2. The summed E-state index contributed by atoms with van der Waals surface area (Å²) < 4.78 is 25.1. The quantitative estimate of drug-likeness (QED) is 0.279. The molecule has 234 valence electrons. The number of aliphatic hydroxyl groups excluding tert-OH is 1. The number of hydrogen-bond acceptors (Lipinski definition) is 8. The van der Waals surface area contributed by atoms with Gasteiger partial charge in [-0.05, 0) is 110 Å². The fourth-order valence-electron chi connectivity index (χ4n) is 7.20. The van der Waals surface area contributed by atoms with E-state index < -0.39 is 0 Å². The van der Waals surface area contributed by atoms with Crippen molar-refractivity contribution in [3.8, 4) is 40.2 Å². The van der Waals surface area contributed by atoms with Crippen LogP contribution < -0.4 is 18.9 Å². The van der Waals surface area contributed by atoms with Gasteiger partial charge >= 0.3 is 0 Å². The van der Waals surface area contributed by atoms with E-state index in [0.717, 1.165) is 49.0 Å². The Morgan fingerprint density at radius 1 is 0.778 bits per heavy atom. The minimum Gasteiger partial charge on any atom is -0.504 e. The summed E-state index contributed by atoms with van der Waals surface area (Å²) in [6, 6.07) is 20.1. The highest BCUT2D eigenvalue weighted by molar-refractivity contribution is 5.61. The number of hydrogen-bond donors (Lipinski definition) is 2. The number of aromatic hydroxyl groups is 1. The molecule has 8 nitrogen and oxygen atoms in total.